The molecular weight excluding hydrogens is 299 g/mol. The summed E-state index contributed by atoms with van der Waals surface area (Å²) in [6.45, 7) is -0.744. The maximum atomic E-state index is 12.4. The second-order valence-corrected chi connectivity index (χ2v) is 4.31. The summed E-state index contributed by atoms with van der Waals surface area (Å²) in [6, 6.07) is 1.17. The molecule has 4 atom stereocenters. The fourth-order valence-electron chi connectivity index (χ4n) is 1.99. The zero-order valence-corrected chi connectivity index (χ0v) is 10.4. The smallest absolute Gasteiger partial charge is 0.394 e. The third-order valence-corrected chi connectivity index (χ3v) is 2.89. The number of anilines is 1. The standard InChI is InChI=1S/C10H12F3N3O5/c11-10(12,13)21-7-6(18)4(3-17)20-8(7)16-2-1-5(14)15-9(16)19/h1-2,4,6-8,17-18H,3H2,(H2,14,15,19)/t4-,6-,7-,8-/m1/s1. The van der Waals surface area contributed by atoms with Crippen molar-refractivity contribution >= 4 is 5.82 Å². The van der Waals surface area contributed by atoms with Gasteiger partial charge in [-0.2, -0.15) is 4.98 Å². The predicted octanol–water partition coefficient (Wildman–Crippen LogP) is -1.02. The number of ether oxygens (including phenoxy) is 2. The van der Waals surface area contributed by atoms with Gasteiger partial charge in [0, 0.05) is 6.20 Å². The molecule has 0 aliphatic carbocycles. The monoisotopic (exact) mass is 311 g/mol. The molecule has 118 valence electrons. The van der Waals surface area contributed by atoms with Crippen LogP contribution in [0.4, 0.5) is 19.0 Å². The average molecular weight is 311 g/mol. The van der Waals surface area contributed by atoms with Gasteiger partial charge in [0.05, 0.1) is 6.61 Å². The molecule has 0 bridgehead atoms. The molecule has 1 aromatic heterocycles. The summed E-state index contributed by atoms with van der Waals surface area (Å²) in [5.74, 6) is -0.123. The fraction of sp³-hybridized carbons (Fsp3) is 0.600. The third-order valence-electron chi connectivity index (χ3n) is 2.89. The number of aliphatic hydroxyl groups is 2. The van der Waals surface area contributed by atoms with Crippen LogP contribution in [0, 0.1) is 0 Å². The first-order valence-corrected chi connectivity index (χ1v) is 5.76. The Bertz CT molecular complexity index is 564. The fourth-order valence-corrected chi connectivity index (χ4v) is 1.99. The van der Waals surface area contributed by atoms with Crippen molar-refractivity contribution in [1.29, 1.82) is 0 Å². The molecule has 1 aliphatic heterocycles. The van der Waals surface area contributed by atoms with Gasteiger partial charge < -0.3 is 20.7 Å². The van der Waals surface area contributed by atoms with Crippen molar-refractivity contribution in [2.45, 2.75) is 30.9 Å². The lowest BCUT2D eigenvalue weighted by molar-refractivity contribution is -0.355. The van der Waals surface area contributed by atoms with Crippen LogP contribution in [-0.2, 0) is 9.47 Å². The minimum absolute atomic E-state index is 0.123. The Kier molecular flexibility index (Phi) is 4.18. The molecule has 11 heteroatoms. The lowest BCUT2D eigenvalue weighted by Crippen LogP contribution is -2.41. The zero-order chi connectivity index (χ0) is 15.8. The molecule has 2 heterocycles. The largest absolute Gasteiger partial charge is 0.523 e. The lowest BCUT2D eigenvalue weighted by Gasteiger charge is -2.23. The summed E-state index contributed by atoms with van der Waals surface area (Å²) in [4.78, 5) is 15.0. The van der Waals surface area contributed by atoms with Crippen LogP contribution in [0.3, 0.4) is 0 Å². The molecule has 0 unspecified atom stereocenters. The number of hydrogen-bond donors (Lipinski definition) is 3. The van der Waals surface area contributed by atoms with Crippen LogP contribution >= 0.6 is 0 Å². The van der Waals surface area contributed by atoms with E-state index < -0.39 is 43.2 Å². The van der Waals surface area contributed by atoms with Gasteiger partial charge in [0.1, 0.15) is 24.1 Å². The second-order valence-electron chi connectivity index (χ2n) is 4.31. The van der Waals surface area contributed by atoms with E-state index in [1.165, 1.54) is 6.07 Å². The summed E-state index contributed by atoms with van der Waals surface area (Å²) in [7, 11) is 0. The van der Waals surface area contributed by atoms with E-state index >= 15 is 0 Å². The highest BCUT2D eigenvalue weighted by Crippen LogP contribution is 2.34. The summed E-state index contributed by atoms with van der Waals surface area (Å²) in [5, 5.41) is 18.7. The number of aliphatic hydroxyl groups excluding tert-OH is 2. The number of aromatic nitrogens is 2. The van der Waals surface area contributed by atoms with Gasteiger partial charge in [-0.1, -0.05) is 0 Å². The van der Waals surface area contributed by atoms with Gasteiger partial charge in [-0.05, 0) is 6.07 Å². The van der Waals surface area contributed by atoms with E-state index in [9.17, 15) is 23.1 Å². The van der Waals surface area contributed by atoms with Gasteiger partial charge in [0.15, 0.2) is 6.23 Å². The minimum atomic E-state index is -5.05. The van der Waals surface area contributed by atoms with E-state index in [1.807, 2.05) is 0 Å². The van der Waals surface area contributed by atoms with Gasteiger partial charge in [-0.3, -0.25) is 9.30 Å². The van der Waals surface area contributed by atoms with Crippen LogP contribution in [0.5, 0.6) is 0 Å². The topological polar surface area (TPSA) is 120 Å². The number of alkyl halides is 3. The van der Waals surface area contributed by atoms with Crippen LogP contribution < -0.4 is 11.4 Å². The maximum Gasteiger partial charge on any atom is 0.523 e. The predicted molar refractivity (Wildman–Crippen MR) is 60.8 cm³/mol. The first-order valence-electron chi connectivity index (χ1n) is 5.76. The van der Waals surface area contributed by atoms with Crippen molar-refractivity contribution in [3.63, 3.8) is 0 Å². The summed E-state index contributed by atoms with van der Waals surface area (Å²) < 4.78 is 46.7. The van der Waals surface area contributed by atoms with Crippen molar-refractivity contribution < 1.29 is 32.9 Å². The highest BCUT2D eigenvalue weighted by molar-refractivity contribution is 5.23. The Balaban J connectivity index is 2.36. The van der Waals surface area contributed by atoms with Crippen LogP contribution in [0.1, 0.15) is 6.23 Å². The van der Waals surface area contributed by atoms with E-state index in [1.54, 1.807) is 0 Å². The van der Waals surface area contributed by atoms with Crippen LogP contribution in [0.25, 0.3) is 0 Å². The zero-order valence-electron chi connectivity index (χ0n) is 10.4. The van der Waals surface area contributed by atoms with Gasteiger partial charge in [0.2, 0.25) is 0 Å². The van der Waals surface area contributed by atoms with Crippen LogP contribution in [0.2, 0.25) is 0 Å². The molecule has 0 aromatic carbocycles. The Hall–Kier alpha value is -1.69. The Labute approximate surface area is 115 Å². The molecule has 0 spiro atoms. The molecule has 1 aliphatic rings. The molecule has 21 heavy (non-hydrogen) atoms. The van der Waals surface area contributed by atoms with E-state index in [4.69, 9.17) is 15.6 Å². The molecule has 1 fully saturated rings. The van der Waals surface area contributed by atoms with Crippen molar-refractivity contribution in [2.75, 3.05) is 12.3 Å². The van der Waals surface area contributed by atoms with Crippen molar-refractivity contribution in [2.24, 2.45) is 0 Å². The molecule has 0 radical (unpaired) electrons. The highest BCUT2D eigenvalue weighted by Gasteiger charge is 2.50. The normalized spacial score (nSPS) is 29.8. The second kappa shape index (κ2) is 5.60. The Morgan fingerprint density at radius 1 is 1.52 bits per heavy atom. The molecule has 4 N–H and O–H groups in total. The molecule has 1 aromatic rings. The number of halogens is 3. The minimum Gasteiger partial charge on any atom is -0.394 e. The van der Waals surface area contributed by atoms with E-state index in [2.05, 4.69) is 9.72 Å². The number of nitrogens with two attached hydrogens (primary N) is 1. The number of nitrogens with zero attached hydrogens (tertiary/aromatic N) is 2. The molecule has 8 nitrogen and oxygen atoms in total. The number of hydrogen-bond acceptors (Lipinski definition) is 7. The van der Waals surface area contributed by atoms with Gasteiger partial charge in [0.25, 0.3) is 0 Å². The Morgan fingerprint density at radius 2 is 2.19 bits per heavy atom. The third kappa shape index (κ3) is 3.32. The maximum absolute atomic E-state index is 12.4. The number of nitrogen functional groups attached to an aromatic ring is 1. The van der Waals surface area contributed by atoms with E-state index in [0.29, 0.717) is 4.57 Å². The number of rotatable bonds is 3. The van der Waals surface area contributed by atoms with Crippen molar-refractivity contribution in [3.05, 3.63) is 22.7 Å². The quantitative estimate of drug-likeness (QED) is 0.653. The van der Waals surface area contributed by atoms with Crippen LogP contribution in [-0.4, -0.2) is 51.0 Å². The molecule has 0 amide bonds. The first-order chi connectivity index (χ1) is 9.73. The molecule has 0 saturated carbocycles. The summed E-state index contributed by atoms with van der Waals surface area (Å²) >= 11 is 0. The van der Waals surface area contributed by atoms with E-state index in [0.717, 1.165) is 6.20 Å². The molecule has 1 saturated heterocycles. The van der Waals surface area contributed by atoms with Crippen molar-refractivity contribution in [3.8, 4) is 0 Å². The van der Waals surface area contributed by atoms with Gasteiger partial charge in [-0.25, -0.2) is 4.79 Å². The highest BCUT2D eigenvalue weighted by atomic mass is 19.4. The Morgan fingerprint density at radius 3 is 2.71 bits per heavy atom. The van der Waals surface area contributed by atoms with Gasteiger partial charge >= 0.3 is 12.1 Å². The van der Waals surface area contributed by atoms with E-state index in [-0.39, 0.29) is 5.82 Å². The van der Waals surface area contributed by atoms with Crippen LogP contribution in [0.15, 0.2) is 17.1 Å². The van der Waals surface area contributed by atoms with Gasteiger partial charge in [-0.15, -0.1) is 13.2 Å². The molecular formula is C10H12F3N3O5. The first kappa shape index (κ1) is 15.7. The SMILES string of the molecule is Nc1ccn([C@@H]2O[C@H](CO)[C@@H](O)[C@H]2OC(F)(F)F)c(=O)n1. The average Bonchev–Trinajstić information content (AvgIpc) is 2.65. The summed E-state index contributed by atoms with van der Waals surface area (Å²) in [5.41, 5.74) is 4.31. The molecule has 2 rings (SSSR count). The summed E-state index contributed by atoms with van der Waals surface area (Å²) in [6.07, 6.45) is -10.6. The van der Waals surface area contributed by atoms with Crippen molar-refractivity contribution in [1.82, 2.24) is 9.55 Å². The lowest BCUT2D eigenvalue weighted by atomic mass is 10.1.